The van der Waals surface area contributed by atoms with Gasteiger partial charge in [0.2, 0.25) is 5.91 Å². The molecule has 0 aliphatic rings. The van der Waals surface area contributed by atoms with E-state index < -0.39 is 0 Å². The van der Waals surface area contributed by atoms with E-state index in [9.17, 15) is 4.79 Å². The van der Waals surface area contributed by atoms with E-state index in [0.29, 0.717) is 24.6 Å². The molecule has 0 saturated heterocycles. The standard InChI is InChI=1S/C10H14N6OS/c1-7(17)12-10-13-9(6-18-10)5-16-4-8(2-3-11)14-15-16/h4,6H,2-3,5,11H2,1H3,(H,12,13,17). The quantitative estimate of drug-likeness (QED) is 0.808. The molecule has 0 saturated carbocycles. The summed E-state index contributed by atoms with van der Waals surface area (Å²) in [5, 5.41) is 13.1. The molecule has 2 heterocycles. The summed E-state index contributed by atoms with van der Waals surface area (Å²) in [6.45, 7) is 2.55. The van der Waals surface area contributed by atoms with E-state index in [-0.39, 0.29) is 5.91 Å². The van der Waals surface area contributed by atoms with Crippen molar-refractivity contribution in [3.8, 4) is 0 Å². The van der Waals surface area contributed by atoms with E-state index in [4.69, 9.17) is 5.73 Å². The minimum atomic E-state index is -0.123. The van der Waals surface area contributed by atoms with Gasteiger partial charge in [0, 0.05) is 24.9 Å². The Morgan fingerprint density at radius 3 is 3.11 bits per heavy atom. The van der Waals surface area contributed by atoms with Crippen molar-refractivity contribution in [2.45, 2.75) is 19.9 Å². The zero-order valence-corrected chi connectivity index (χ0v) is 10.8. The zero-order valence-electron chi connectivity index (χ0n) is 9.96. The molecule has 8 heteroatoms. The fourth-order valence-electron chi connectivity index (χ4n) is 1.43. The summed E-state index contributed by atoms with van der Waals surface area (Å²) >= 11 is 1.39. The molecule has 0 atom stereocenters. The normalized spacial score (nSPS) is 10.6. The number of hydrogen-bond acceptors (Lipinski definition) is 6. The third kappa shape index (κ3) is 3.34. The summed E-state index contributed by atoms with van der Waals surface area (Å²) in [5.41, 5.74) is 7.16. The maximum Gasteiger partial charge on any atom is 0.223 e. The molecular weight excluding hydrogens is 252 g/mol. The lowest BCUT2D eigenvalue weighted by atomic mass is 10.3. The van der Waals surface area contributed by atoms with Gasteiger partial charge in [0.1, 0.15) is 0 Å². The maximum absolute atomic E-state index is 10.9. The molecule has 7 nitrogen and oxygen atoms in total. The van der Waals surface area contributed by atoms with E-state index in [1.807, 2.05) is 11.6 Å². The molecule has 96 valence electrons. The molecule has 3 N–H and O–H groups in total. The molecule has 0 unspecified atom stereocenters. The topological polar surface area (TPSA) is 98.7 Å². The third-order valence-electron chi connectivity index (χ3n) is 2.15. The highest BCUT2D eigenvalue weighted by Crippen LogP contribution is 2.15. The van der Waals surface area contributed by atoms with E-state index in [1.165, 1.54) is 18.3 Å². The van der Waals surface area contributed by atoms with Gasteiger partial charge in [-0.3, -0.25) is 4.79 Å². The summed E-state index contributed by atoms with van der Waals surface area (Å²) in [6.07, 6.45) is 2.57. The second-order valence-corrected chi connectivity index (χ2v) is 4.63. The van der Waals surface area contributed by atoms with Gasteiger partial charge in [-0.15, -0.1) is 16.4 Å². The van der Waals surface area contributed by atoms with Crippen LogP contribution in [0.5, 0.6) is 0 Å². The summed E-state index contributed by atoms with van der Waals surface area (Å²) in [4.78, 5) is 15.1. The number of anilines is 1. The second-order valence-electron chi connectivity index (χ2n) is 3.77. The van der Waals surface area contributed by atoms with Gasteiger partial charge < -0.3 is 11.1 Å². The molecule has 18 heavy (non-hydrogen) atoms. The van der Waals surface area contributed by atoms with Gasteiger partial charge in [0.25, 0.3) is 0 Å². The highest BCUT2D eigenvalue weighted by atomic mass is 32.1. The number of carbonyl (C=O) groups is 1. The Morgan fingerprint density at radius 2 is 2.39 bits per heavy atom. The van der Waals surface area contributed by atoms with Gasteiger partial charge in [0.15, 0.2) is 5.13 Å². The lowest BCUT2D eigenvalue weighted by Crippen LogP contribution is -2.06. The summed E-state index contributed by atoms with van der Waals surface area (Å²) in [7, 11) is 0. The van der Waals surface area contributed by atoms with Gasteiger partial charge in [-0.05, 0) is 6.54 Å². The molecule has 0 aliphatic carbocycles. The summed E-state index contributed by atoms with van der Waals surface area (Å²) in [5.74, 6) is -0.123. The minimum absolute atomic E-state index is 0.123. The summed E-state index contributed by atoms with van der Waals surface area (Å²) in [6, 6.07) is 0. The predicted molar refractivity (Wildman–Crippen MR) is 68.3 cm³/mol. The average molecular weight is 266 g/mol. The Bertz CT molecular complexity index is 534. The minimum Gasteiger partial charge on any atom is -0.330 e. The van der Waals surface area contributed by atoms with Crippen molar-refractivity contribution in [3.05, 3.63) is 23.0 Å². The number of hydrogen-bond donors (Lipinski definition) is 2. The first-order valence-corrected chi connectivity index (χ1v) is 6.36. The lowest BCUT2D eigenvalue weighted by Gasteiger charge is -1.96. The highest BCUT2D eigenvalue weighted by molar-refractivity contribution is 7.13. The first-order chi connectivity index (χ1) is 8.67. The number of nitrogens with one attached hydrogen (secondary N) is 1. The van der Waals surface area contributed by atoms with Crippen molar-refractivity contribution in [1.82, 2.24) is 20.0 Å². The Kier molecular flexibility index (Phi) is 4.00. The molecule has 2 aromatic rings. The van der Waals surface area contributed by atoms with Crippen LogP contribution in [-0.2, 0) is 17.8 Å². The van der Waals surface area contributed by atoms with Gasteiger partial charge in [-0.25, -0.2) is 9.67 Å². The predicted octanol–water partition coefficient (Wildman–Crippen LogP) is 0.242. The van der Waals surface area contributed by atoms with Gasteiger partial charge in [-0.1, -0.05) is 5.21 Å². The fourth-order valence-corrected chi connectivity index (χ4v) is 2.18. The Labute approximate surface area is 108 Å². The van der Waals surface area contributed by atoms with Crippen LogP contribution in [0.3, 0.4) is 0 Å². The van der Waals surface area contributed by atoms with Gasteiger partial charge in [-0.2, -0.15) is 0 Å². The SMILES string of the molecule is CC(=O)Nc1nc(Cn2cc(CCN)nn2)cs1. The van der Waals surface area contributed by atoms with Crippen LogP contribution in [0.4, 0.5) is 5.13 Å². The van der Waals surface area contributed by atoms with Crippen LogP contribution in [0, 0.1) is 0 Å². The van der Waals surface area contributed by atoms with E-state index in [2.05, 4.69) is 20.6 Å². The van der Waals surface area contributed by atoms with Gasteiger partial charge in [0.05, 0.1) is 17.9 Å². The molecule has 0 aliphatic heterocycles. The Balaban J connectivity index is 1.99. The molecule has 2 aromatic heterocycles. The van der Waals surface area contributed by atoms with Crippen LogP contribution in [0.25, 0.3) is 0 Å². The molecular formula is C10H14N6OS. The van der Waals surface area contributed by atoms with E-state index in [0.717, 1.165) is 11.4 Å². The molecule has 0 fully saturated rings. The maximum atomic E-state index is 10.9. The van der Waals surface area contributed by atoms with Crippen LogP contribution in [-0.4, -0.2) is 32.4 Å². The van der Waals surface area contributed by atoms with Crippen molar-refractivity contribution < 1.29 is 4.79 Å². The Hall–Kier alpha value is -1.80. The van der Waals surface area contributed by atoms with Crippen LogP contribution in [0.1, 0.15) is 18.3 Å². The first-order valence-electron chi connectivity index (χ1n) is 5.48. The largest absolute Gasteiger partial charge is 0.330 e. The number of amides is 1. The number of nitrogens with zero attached hydrogens (tertiary/aromatic N) is 4. The van der Waals surface area contributed by atoms with E-state index in [1.54, 1.807) is 4.68 Å². The zero-order chi connectivity index (χ0) is 13.0. The number of rotatable bonds is 5. The van der Waals surface area contributed by atoms with Crippen LogP contribution >= 0.6 is 11.3 Å². The van der Waals surface area contributed by atoms with Crippen molar-refractivity contribution in [2.75, 3.05) is 11.9 Å². The van der Waals surface area contributed by atoms with Crippen molar-refractivity contribution in [2.24, 2.45) is 5.73 Å². The molecule has 0 bridgehead atoms. The van der Waals surface area contributed by atoms with Crippen molar-refractivity contribution in [1.29, 1.82) is 0 Å². The monoisotopic (exact) mass is 266 g/mol. The van der Waals surface area contributed by atoms with Crippen LogP contribution < -0.4 is 11.1 Å². The smallest absolute Gasteiger partial charge is 0.223 e. The molecule has 2 rings (SSSR count). The lowest BCUT2D eigenvalue weighted by molar-refractivity contribution is -0.114. The molecule has 0 spiro atoms. The number of aromatic nitrogens is 4. The molecule has 0 radical (unpaired) electrons. The molecule has 1 amide bonds. The molecule has 0 aromatic carbocycles. The summed E-state index contributed by atoms with van der Waals surface area (Å²) < 4.78 is 1.71. The number of nitrogens with two attached hydrogens (primary N) is 1. The van der Waals surface area contributed by atoms with Gasteiger partial charge >= 0.3 is 0 Å². The van der Waals surface area contributed by atoms with Crippen molar-refractivity contribution in [3.63, 3.8) is 0 Å². The van der Waals surface area contributed by atoms with Crippen LogP contribution in [0.15, 0.2) is 11.6 Å². The number of thiazole rings is 1. The third-order valence-corrected chi connectivity index (χ3v) is 2.95. The van der Waals surface area contributed by atoms with Crippen LogP contribution in [0.2, 0.25) is 0 Å². The first kappa shape index (κ1) is 12.7. The Morgan fingerprint density at radius 1 is 1.56 bits per heavy atom. The van der Waals surface area contributed by atoms with Crippen molar-refractivity contribution >= 4 is 22.4 Å². The second kappa shape index (κ2) is 5.69. The average Bonchev–Trinajstić information content (AvgIpc) is 2.89. The number of carbonyl (C=O) groups excluding carboxylic acids is 1. The fraction of sp³-hybridized carbons (Fsp3) is 0.400. The van der Waals surface area contributed by atoms with E-state index >= 15 is 0 Å². The highest BCUT2D eigenvalue weighted by Gasteiger charge is 2.06.